The summed E-state index contributed by atoms with van der Waals surface area (Å²) in [5, 5.41) is 0. The molecule has 2 fully saturated rings. The molecule has 1 amide bonds. The quantitative estimate of drug-likeness (QED) is 0.236. The van der Waals surface area contributed by atoms with Crippen molar-refractivity contribution in [3.8, 4) is 0 Å². The Labute approximate surface area is 246 Å². The molecule has 2 aliphatic heterocycles. The van der Waals surface area contributed by atoms with Crippen LogP contribution in [0.2, 0.25) is 0 Å². The van der Waals surface area contributed by atoms with Gasteiger partial charge in [0.25, 0.3) is 11.5 Å². The van der Waals surface area contributed by atoms with Crippen LogP contribution < -0.4 is 15.4 Å². The molecule has 10 heteroatoms. The fourth-order valence-corrected chi connectivity index (χ4v) is 6.32. The van der Waals surface area contributed by atoms with Crippen LogP contribution in [0, 0.1) is 19.7 Å². The molecule has 0 atom stereocenters. The fourth-order valence-electron chi connectivity index (χ4n) is 5.09. The van der Waals surface area contributed by atoms with Crippen molar-refractivity contribution in [3.05, 3.63) is 110 Å². The summed E-state index contributed by atoms with van der Waals surface area (Å²) in [5.41, 5.74) is 4.67. The van der Waals surface area contributed by atoms with E-state index in [1.165, 1.54) is 28.3 Å². The number of nitrogens with zero attached hydrogens (tertiary/aromatic N) is 5. The number of carbonyl (C=O) groups is 1. The van der Waals surface area contributed by atoms with E-state index in [4.69, 9.17) is 17.2 Å². The molecular weight excluding hydrogens is 558 g/mol. The van der Waals surface area contributed by atoms with Crippen molar-refractivity contribution in [2.45, 2.75) is 20.4 Å². The monoisotopic (exact) mass is 585 g/mol. The number of pyridine rings is 1. The largest absolute Gasteiger partial charge is 0.368 e. The van der Waals surface area contributed by atoms with Crippen LogP contribution in [0.15, 0.2) is 76.6 Å². The molecule has 0 spiro atoms. The predicted molar refractivity (Wildman–Crippen MR) is 167 cm³/mol. The van der Waals surface area contributed by atoms with Crippen LogP contribution in [0.25, 0.3) is 11.7 Å². The molecule has 7 nitrogen and oxygen atoms in total. The highest BCUT2D eigenvalue weighted by atomic mass is 32.2. The van der Waals surface area contributed by atoms with E-state index in [0.29, 0.717) is 59.0 Å². The van der Waals surface area contributed by atoms with E-state index >= 15 is 0 Å². The third-order valence-corrected chi connectivity index (χ3v) is 8.74. The highest BCUT2D eigenvalue weighted by Crippen LogP contribution is 2.35. The average molecular weight is 586 g/mol. The van der Waals surface area contributed by atoms with E-state index in [1.54, 1.807) is 29.3 Å². The van der Waals surface area contributed by atoms with Gasteiger partial charge >= 0.3 is 0 Å². The van der Waals surface area contributed by atoms with Crippen LogP contribution in [-0.2, 0) is 11.3 Å². The molecule has 4 aromatic rings. The minimum Gasteiger partial charge on any atom is -0.368 e. The highest BCUT2D eigenvalue weighted by molar-refractivity contribution is 8.26. The summed E-state index contributed by atoms with van der Waals surface area (Å²) in [4.78, 5) is 38.5. The molecule has 41 heavy (non-hydrogen) atoms. The summed E-state index contributed by atoms with van der Waals surface area (Å²) in [6.45, 7) is 6.89. The van der Waals surface area contributed by atoms with Crippen LogP contribution in [-0.4, -0.2) is 50.7 Å². The number of aryl methyl sites for hydroxylation is 2. The number of fused-ring (bicyclic) bond motifs is 1. The van der Waals surface area contributed by atoms with Gasteiger partial charge in [-0.2, -0.15) is 0 Å². The van der Waals surface area contributed by atoms with E-state index in [-0.39, 0.29) is 17.3 Å². The molecule has 0 N–H and O–H groups in total. The topological polar surface area (TPSA) is 61.2 Å². The van der Waals surface area contributed by atoms with Crippen molar-refractivity contribution >= 4 is 57.4 Å². The molecule has 4 heterocycles. The number of halogens is 1. The number of anilines is 2. The number of aromatic nitrogens is 2. The van der Waals surface area contributed by atoms with Crippen LogP contribution in [0.1, 0.15) is 22.3 Å². The van der Waals surface area contributed by atoms with Crippen LogP contribution >= 0.6 is 24.0 Å². The van der Waals surface area contributed by atoms with Crippen molar-refractivity contribution < 1.29 is 9.18 Å². The molecule has 0 radical (unpaired) electrons. The predicted octanol–water partition coefficient (Wildman–Crippen LogP) is 5.18. The Kier molecular flexibility index (Phi) is 7.35. The lowest BCUT2D eigenvalue weighted by Crippen LogP contribution is -2.47. The zero-order valence-corrected chi connectivity index (χ0v) is 24.3. The summed E-state index contributed by atoms with van der Waals surface area (Å²) in [6.07, 6.45) is 3.42. The van der Waals surface area contributed by atoms with Gasteiger partial charge in [-0.15, -0.1) is 0 Å². The van der Waals surface area contributed by atoms with Crippen molar-refractivity contribution in [2.24, 2.45) is 0 Å². The lowest BCUT2D eigenvalue weighted by Gasteiger charge is -2.37. The number of benzene rings is 2. The number of thiocarbonyl (C=S) groups is 1. The highest BCUT2D eigenvalue weighted by Gasteiger charge is 2.33. The number of hydrogen-bond donors (Lipinski definition) is 0. The van der Waals surface area contributed by atoms with E-state index < -0.39 is 0 Å². The summed E-state index contributed by atoms with van der Waals surface area (Å²) >= 11 is 6.78. The molecule has 0 saturated carbocycles. The van der Waals surface area contributed by atoms with Gasteiger partial charge in [0.2, 0.25) is 0 Å². The Bertz CT molecular complexity index is 1740. The molecule has 2 saturated heterocycles. The molecule has 208 valence electrons. The van der Waals surface area contributed by atoms with Crippen molar-refractivity contribution in [2.75, 3.05) is 36.0 Å². The second-order valence-electron chi connectivity index (χ2n) is 10.3. The van der Waals surface area contributed by atoms with Crippen molar-refractivity contribution in [1.82, 2.24) is 14.3 Å². The maximum Gasteiger partial charge on any atom is 0.267 e. The van der Waals surface area contributed by atoms with Gasteiger partial charge in [0.15, 0.2) is 0 Å². The van der Waals surface area contributed by atoms with E-state index in [1.807, 2.05) is 50.2 Å². The summed E-state index contributed by atoms with van der Waals surface area (Å²) < 4.78 is 15.4. The standard InChI is InChI=1S/C31H28FN5O2S2/c1-20-3-6-22(7-4-20)19-37-30(39)26(41-31(37)40)17-25-28(33-27-12-5-21(2)18-36(27)29(25)38)35-15-13-34(14-16-35)24-10-8-23(32)9-11-24/h3-12,17-18H,13-16,19H2,1-2H3/b26-17+. The van der Waals surface area contributed by atoms with Gasteiger partial charge < -0.3 is 9.80 Å². The molecule has 0 aliphatic carbocycles. The third-order valence-electron chi connectivity index (χ3n) is 7.37. The van der Waals surface area contributed by atoms with Gasteiger partial charge in [0.05, 0.1) is 17.0 Å². The van der Waals surface area contributed by atoms with Crippen LogP contribution in [0.5, 0.6) is 0 Å². The van der Waals surface area contributed by atoms with Crippen molar-refractivity contribution in [3.63, 3.8) is 0 Å². The number of hydrogen-bond acceptors (Lipinski definition) is 7. The van der Waals surface area contributed by atoms with Crippen LogP contribution in [0.4, 0.5) is 15.9 Å². The van der Waals surface area contributed by atoms with E-state index in [2.05, 4.69) is 9.80 Å². The smallest absolute Gasteiger partial charge is 0.267 e. The molecule has 2 aromatic heterocycles. The Balaban J connectivity index is 1.34. The lowest BCUT2D eigenvalue weighted by molar-refractivity contribution is -0.122. The number of carbonyl (C=O) groups excluding carboxylic acids is 1. The van der Waals surface area contributed by atoms with E-state index in [9.17, 15) is 14.0 Å². The summed E-state index contributed by atoms with van der Waals surface area (Å²) in [6, 6.07) is 18.2. The Morgan fingerprint density at radius 1 is 0.902 bits per heavy atom. The molecule has 0 unspecified atom stereocenters. The van der Waals surface area contributed by atoms with Crippen molar-refractivity contribution in [1.29, 1.82) is 0 Å². The van der Waals surface area contributed by atoms with Gasteiger partial charge in [-0.1, -0.05) is 59.9 Å². The summed E-state index contributed by atoms with van der Waals surface area (Å²) in [5.74, 6) is 0.0557. The van der Waals surface area contributed by atoms with Crippen LogP contribution in [0.3, 0.4) is 0 Å². The minimum atomic E-state index is -0.266. The van der Waals surface area contributed by atoms with Gasteiger partial charge in [0, 0.05) is 38.1 Å². The normalized spacial score (nSPS) is 16.9. The molecule has 2 aliphatic rings. The average Bonchev–Trinajstić information content (AvgIpc) is 3.23. The van der Waals surface area contributed by atoms with Gasteiger partial charge in [-0.25, -0.2) is 9.37 Å². The molecule has 2 aromatic carbocycles. The first-order valence-corrected chi connectivity index (χ1v) is 14.6. The van der Waals surface area contributed by atoms with Gasteiger partial charge in [0.1, 0.15) is 21.6 Å². The number of piperazine rings is 1. The minimum absolute atomic E-state index is 0.221. The Morgan fingerprint density at radius 3 is 2.27 bits per heavy atom. The Morgan fingerprint density at radius 2 is 1.56 bits per heavy atom. The molecular formula is C31H28FN5O2S2. The van der Waals surface area contributed by atoms with E-state index in [0.717, 1.165) is 22.4 Å². The number of thioether (sulfide) groups is 1. The Hall–Kier alpha value is -4.02. The molecule has 0 bridgehead atoms. The zero-order chi connectivity index (χ0) is 28.7. The fraction of sp³-hybridized carbons (Fsp3) is 0.226. The second kappa shape index (κ2) is 11.1. The number of rotatable bonds is 5. The molecule has 6 rings (SSSR count). The van der Waals surface area contributed by atoms with Gasteiger partial charge in [-0.05, 0) is 61.4 Å². The summed E-state index contributed by atoms with van der Waals surface area (Å²) in [7, 11) is 0. The second-order valence-corrected chi connectivity index (χ2v) is 12.0. The first kappa shape index (κ1) is 27.2. The number of amides is 1. The SMILES string of the molecule is Cc1ccc(CN2C(=O)/C(=C\c3c(N4CCN(c5ccc(F)cc5)CC4)nc4ccc(C)cn4c3=O)SC2=S)cc1. The maximum absolute atomic E-state index is 13.9. The maximum atomic E-state index is 13.9. The zero-order valence-electron chi connectivity index (χ0n) is 22.7. The lowest BCUT2D eigenvalue weighted by atomic mass is 10.1. The first-order valence-electron chi connectivity index (χ1n) is 13.4. The third kappa shape index (κ3) is 5.49. The first-order chi connectivity index (χ1) is 19.8. The van der Waals surface area contributed by atoms with Gasteiger partial charge in [-0.3, -0.25) is 18.9 Å².